The molecule has 0 radical (unpaired) electrons. The van der Waals surface area contributed by atoms with Crippen molar-refractivity contribution in [1.29, 1.82) is 0 Å². The number of benzene rings is 1. The van der Waals surface area contributed by atoms with Crippen LogP contribution in [0.3, 0.4) is 0 Å². The molecule has 0 saturated carbocycles. The Balaban J connectivity index is 2.45. The number of rotatable bonds is 5. The third kappa shape index (κ3) is 2.43. The highest BCUT2D eigenvalue weighted by Gasteiger charge is 2.19. The van der Waals surface area contributed by atoms with Gasteiger partial charge in [0.1, 0.15) is 11.9 Å². The Hall–Kier alpha value is -1.30. The van der Waals surface area contributed by atoms with Crippen LogP contribution in [0.5, 0.6) is 0 Å². The summed E-state index contributed by atoms with van der Waals surface area (Å²) < 4.78 is 2.10. The predicted molar refractivity (Wildman–Crippen MR) is 75.3 cm³/mol. The van der Waals surface area contributed by atoms with E-state index in [0.29, 0.717) is 0 Å². The number of imidazole rings is 1. The number of nitrogens with two attached hydrogens (primary N) is 1. The fourth-order valence-electron chi connectivity index (χ4n) is 2.06. The van der Waals surface area contributed by atoms with Gasteiger partial charge in [-0.05, 0) is 24.8 Å². The molecule has 2 rings (SSSR count). The Labute approximate surface area is 112 Å². The molecular formula is C13H18N4S. The predicted octanol–water partition coefficient (Wildman–Crippen LogP) is 2.18. The van der Waals surface area contributed by atoms with E-state index < -0.39 is 0 Å². The molecule has 5 heteroatoms. The number of nitrogens with zero attached hydrogens (tertiary/aromatic N) is 2. The second-order valence-electron chi connectivity index (χ2n) is 3.91. The van der Waals surface area contributed by atoms with Crippen molar-refractivity contribution >= 4 is 11.8 Å². The molecule has 1 atom stereocenters. The quantitative estimate of drug-likeness (QED) is 0.492. The van der Waals surface area contributed by atoms with Crippen molar-refractivity contribution in [2.75, 3.05) is 6.26 Å². The third-order valence-corrected chi connectivity index (χ3v) is 3.77. The highest BCUT2D eigenvalue weighted by atomic mass is 32.2. The summed E-state index contributed by atoms with van der Waals surface area (Å²) in [5, 5.41) is 0. The minimum atomic E-state index is -0.0800. The van der Waals surface area contributed by atoms with Gasteiger partial charge in [-0.15, -0.1) is 11.8 Å². The molecule has 4 nitrogen and oxygen atoms in total. The van der Waals surface area contributed by atoms with Crippen molar-refractivity contribution in [3.8, 4) is 0 Å². The van der Waals surface area contributed by atoms with E-state index in [2.05, 4.69) is 40.3 Å². The van der Waals surface area contributed by atoms with E-state index in [-0.39, 0.29) is 6.04 Å². The second kappa shape index (κ2) is 6.04. The highest BCUT2D eigenvalue weighted by molar-refractivity contribution is 7.98. The lowest BCUT2D eigenvalue weighted by atomic mass is 10.1. The molecular weight excluding hydrogens is 244 g/mol. The molecule has 1 unspecified atom stereocenters. The van der Waals surface area contributed by atoms with Crippen molar-refractivity contribution in [2.24, 2.45) is 5.84 Å². The minimum absolute atomic E-state index is 0.0800. The molecule has 3 N–H and O–H groups in total. The van der Waals surface area contributed by atoms with E-state index in [1.807, 2.05) is 24.5 Å². The first-order valence-corrected chi connectivity index (χ1v) is 7.14. The molecule has 1 aromatic carbocycles. The molecule has 0 saturated heterocycles. The Morgan fingerprint density at radius 1 is 1.44 bits per heavy atom. The van der Waals surface area contributed by atoms with E-state index in [9.17, 15) is 0 Å². The van der Waals surface area contributed by atoms with Crippen LogP contribution in [0, 0.1) is 0 Å². The maximum atomic E-state index is 5.73. The van der Waals surface area contributed by atoms with Crippen molar-refractivity contribution in [1.82, 2.24) is 15.0 Å². The lowest BCUT2D eigenvalue weighted by molar-refractivity contribution is 0.555. The zero-order valence-corrected chi connectivity index (χ0v) is 11.4. The lowest BCUT2D eigenvalue weighted by Gasteiger charge is -2.19. The van der Waals surface area contributed by atoms with Gasteiger partial charge in [-0.25, -0.2) is 10.4 Å². The Kier molecular flexibility index (Phi) is 4.41. The zero-order chi connectivity index (χ0) is 13.0. The van der Waals surface area contributed by atoms with Gasteiger partial charge >= 0.3 is 0 Å². The molecule has 0 aliphatic heterocycles. The Bertz CT molecular complexity index is 509. The highest BCUT2D eigenvalue weighted by Crippen LogP contribution is 2.28. The normalized spacial score (nSPS) is 12.6. The van der Waals surface area contributed by atoms with E-state index in [1.165, 1.54) is 4.90 Å². The van der Waals surface area contributed by atoms with E-state index in [1.54, 1.807) is 11.8 Å². The van der Waals surface area contributed by atoms with Crippen molar-refractivity contribution in [3.63, 3.8) is 0 Å². The number of aryl methyl sites for hydroxylation is 1. The molecule has 0 amide bonds. The maximum absolute atomic E-state index is 5.73. The first kappa shape index (κ1) is 13.1. The summed E-state index contributed by atoms with van der Waals surface area (Å²) in [6.07, 6.45) is 5.85. The van der Waals surface area contributed by atoms with Gasteiger partial charge in [0, 0.05) is 23.8 Å². The number of hydrogen-bond donors (Lipinski definition) is 2. The van der Waals surface area contributed by atoms with Crippen LogP contribution < -0.4 is 11.3 Å². The molecule has 0 fully saturated rings. The molecule has 1 heterocycles. The van der Waals surface area contributed by atoms with Gasteiger partial charge in [-0.3, -0.25) is 5.84 Å². The lowest BCUT2D eigenvalue weighted by Crippen LogP contribution is -2.31. The summed E-state index contributed by atoms with van der Waals surface area (Å²) in [7, 11) is 0. The van der Waals surface area contributed by atoms with Gasteiger partial charge in [0.25, 0.3) is 0 Å². The van der Waals surface area contributed by atoms with Gasteiger partial charge < -0.3 is 4.57 Å². The van der Waals surface area contributed by atoms with Crippen molar-refractivity contribution in [2.45, 2.75) is 24.4 Å². The van der Waals surface area contributed by atoms with Gasteiger partial charge in [0.05, 0.1) is 0 Å². The van der Waals surface area contributed by atoms with E-state index >= 15 is 0 Å². The number of hydrogen-bond acceptors (Lipinski definition) is 4. The van der Waals surface area contributed by atoms with Crippen LogP contribution in [0.15, 0.2) is 41.6 Å². The molecule has 2 aromatic rings. The number of hydrazine groups is 1. The van der Waals surface area contributed by atoms with Crippen LogP contribution in [-0.2, 0) is 6.54 Å². The van der Waals surface area contributed by atoms with Gasteiger partial charge in [-0.2, -0.15) is 0 Å². The summed E-state index contributed by atoms with van der Waals surface area (Å²) in [5.41, 5.74) is 4.03. The largest absolute Gasteiger partial charge is 0.334 e. The maximum Gasteiger partial charge on any atom is 0.131 e. The monoisotopic (exact) mass is 262 g/mol. The summed E-state index contributed by atoms with van der Waals surface area (Å²) >= 11 is 1.72. The molecule has 1 aromatic heterocycles. The molecule has 18 heavy (non-hydrogen) atoms. The van der Waals surface area contributed by atoms with Crippen molar-refractivity contribution in [3.05, 3.63) is 48.0 Å². The Morgan fingerprint density at radius 3 is 2.89 bits per heavy atom. The van der Waals surface area contributed by atoms with Gasteiger partial charge in [0.2, 0.25) is 0 Å². The Morgan fingerprint density at radius 2 is 2.22 bits per heavy atom. The number of nitrogens with one attached hydrogen (secondary N) is 1. The van der Waals surface area contributed by atoms with Crippen LogP contribution in [0.4, 0.5) is 0 Å². The average molecular weight is 262 g/mol. The van der Waals surface area contributed by atoms with Crippen molar-refractivity contribution < 1.29 is 0 Å². The average Bonchev–Trinajstić information content (AvgIpc) is 2.88. The third-order valence-electron chi connectivity index (χ3n) is 2.96. The topological polar surface area (TPSA) is 55.9 Å². The van der Waals surface area contributed by atoms with Crippen LogP contribution in [0.1, 0.15) is 24.4 Å². The standard InChI is InChI=1S/C13H18N4S/c1-3-17-9-8-15-13(17)12(16-14)10-6-4-5-7-11(10)18-2/h4-9,12,16H,3,14H2,1-2H3. The molecule has 0 spiro atoms. The molecule has 0 aliphatic carbocycles. The van der Waals surface area contributed by atoms with Crippen LogP contribution in [0.2, 0.25) is 0 Å². The van der Waals surface area contributed by atoms with Gasteiger partial charge in [-0.1, -0.05) is 18.2 Å². The van der Waals surface area contributed by atoms with Crippen LogP contribution >= 0.6 is 11.8 Å². The van der Waals surface area contributed by atoms with Gasteiger partial charge in [0.15, 0.2) is 0 Å². The fourth-order valence-corrected chi connectivity index (χ4v) is 2.69. The first-order valence-electron chi connectivity index (χ1n) is 5.91. The fraction of sp³-hybridized carbons (Fsp3) is 0.308. The zero-order valence-electron chi connectivity index (χ0n) is 10.6. The summed E-state index contributed by atoms with van der Waals surface area (Å²) in [6.45, 7) is 2.98. The summed E-state index contributed by atoms with van der Waals surface area (Å²) in [5.74, 6) is 6.68. The number of thioether (sulfide) groups is 1. The molecule has 0 bridgehead atoms. The smallest absolute Gasteiger partial charge is 0.131 e. The SMILES string of the molecule is CCn1ccnc1C(NN)c1ccccc1SC. The van der Waals surface area contributed by atoms with Crippen LogP contribution in [-0.4, -0.2) is 15.8 Å². The summed E-state index contributed by atoms with van der Waals surface area (Å²) in [6, 6.07) is 8.17. The first-order chi connectivity index (χ1) is 8.81. The molecule has 96 valence electrons. The second-order valence-corrected chi connectivity index (χ2v) is 4.76. The van der Waals surface area contributed by atoms with E-state index in [4.69, 9.17) is 5.84 Å². The minimum Gasteiger partial charge on any atom is -0.334 e. The summed E-state index contributed by atoms with van der Waals surface area (Å²) in [4.78, 5) is 5.64. The van der Waals surface area contributed by atoms with Crippen LogP contribution in [0.25, 0.3) is 0 Å². The van der Waals surface area contributed by atoms with E-state index in [0.717, 1.165) is 17.9 Å². The molecule has 0 aliphatic rings. The number of aromatic nitrogens is 2.